The standard InChI is InChI=1S/C18H15F2N3O3/c1-25-16-8-14(20)13(19)7-12(16)10-4-5-26-15-3-2-9(6-11(10)15)17(24)23-18(21)22/h2-4,6-8H,5H2,1H3,(H4,21,22,23,24). The Morgan fingerprint density at radius 3 is 2.58 bits per heavy atom. The minimum absolute atomic E-state index is 0.156. The zero-order chi connectivity index (χ0) is 18.8. The second-order valence-electron chi connectivity index (χ2n) is 5.45. The van der Waals surface area contributed by atoms with E-state index in [9.17, 15) is 13.6 Å². The zero-order valence-electron chi connectivity index (χ0n) is 13.8. The van der Waals surface area contributed by atoms with Gasteiger partial charge in [0.25, 0.3) is 5.91 Å². The minimum Gasteiger partial charge on any atom is -0.496 e. The van der Waals surface area contributed by atoms with Gasteiger partial charge in [-0.2, -0.15) is 4.99 Å². The van der Waals surface area contributed by atoms with Crippen molar-refractivity contribution in [2.75, 3.05) is 13.7 Å². The number of benzene rings is 2. The van der Waals surface area contributed by atoms with Gasteiger partial charge in [0, 0.05) is 22.8 Å². The third kappa shape index (κ3) is 3.21. The van der Waals surface area contributed by atoms with Crippen LogP contribution in [0.5, 0.6) is 11.5 Å². The molecule has 6 nitrogen and oxygen atoms in total. The minimum atomic E-state index is -1.02. The van der Waals surface area contributed by atoms with Crippen molar-refractivity contribution in [1.29, 1.82) is 0 Å². The van der Waals surface area contributed by atoms with Crippen molar-refractivity contribution in [2.45, 2.75) is 0 Å². The first-order valence-electron chi connectivity index (χ1n) is 7.55. The van der Waals surface area contributed by atoms with Gasteiger partial charge in [-0.25, -0.2) is 8.78 Å². The first-order valence-corrected chi connectivity index (χ1v) is 7.55. The molecule has 1 amide bonds. The van der Waals surface area contributed by atoms with Crippen LogP contribution in [0.3, 0.4) is 0 Å². The van der Waals surface area contributed by atoms with E-state index in [4.69, 9.17) is 20.9 Å². The first kappa shape index (κ1) is 17.4. The van der Waals surface area contributed by atoms with Gasteiger partial charge in [0.05, 0.1) is 7.11 Å². The average molecular weight is 359 g/mol. The molecule has 2 aromatic carbocycles. The van der Waals surface area contributed by atoms with Crippen LogP contribution in [-0.4, -0.2) is 25.6 Å². The third-order valence-electron chi connectivity index (χ3n) is 3.81. The molecule has 1 aliphatic rings. The second-order valence-corrected chi connectivity index (χ2v) is 5.45. The van der Waals surface area contributed by atoms with Gasteiger partial charge in [-0.1, -0.05) is 0 Å². The van der Waals surface area contributed by atoms with E-state index in [-0.39, 0.29) is 23.9 Å². The quantitative estimate of drug-likeness (QED) is 0.646. The molecule has 134 valence electrons. The number of nitrogens with zero attached hydrogens (tertiary/aromatic N) is 1. The van der Waals surface area contributed by atoms with Crippen molar-refractivity contribution in [3.8, 4) is 11.5 Å². The molecule has 0 spiro atoms. The Morgan fingerprint density at radius 2 is 1.88 bits per heavy atom. The number of carbonyl (C=O) groups excluding carboxylic acids is 1. The maximum Gasteiger partial charge on any atom is 0.280 e. The van der Waals surface area contributed by atoms with E-state index in [1.807, 2.05) is 0 Å². The summed E-state index contributed by atoms with van der Waals surface area (Å²) >= 11 is 0. The number of halogens is 2. The van der Waals surface area contributed by atoms with Gasteiger partial charge >= 0.3 is 0 Å². The van der Waals surface area contributed by atoms with Crippen molar-refractivity contribution >= 4 is 17.4 Å². The van der Waals surface area contributed by atoms with E-state index in [0.717, 1.165) is 12.1 Å². The van der Waals surface area contributed by atoms with Gasteiger partial charge in [-0.3, -0.25) is 4.79 Å². The Balaban J connectivity index is 2.14. The lowest BCUT2D eigenvalue weighted by Gasteiger charge is -2.21. The van der Waals surface area contributed by atoms with Crippen LogP contribution in [0.4, 0.5) is 8.78 Å². The number of hydrogen-bond donors (Lipinski definition) is 2. The number of nitrogens with two attached hydrogens (primary N) is 2. The molecule has 26 heavy (non-hydrogen) atoms. The van der Waals surface area contributed by atoms with E-state index >= 15 is 0 Å². The molecule has 1 heterocycles. The highest BCUT2D eigenvalue weighted by atomic mass is 19.2. The van der Waals surface area contributed by atoms with E-state index in [1.165, 1.54) is 19.2 Å². The molecule has 0 aliphatic carbocycles. The van der Waals surface area contributed by atoms with Crippen LogP contribution >= 0.6 is 0 Å². The van der Waals surface area contributed by atoms with Crippen LogP contribution in [-0.2, 0) is 0 Å². The SMILES string of the molecule is COc1cc(F)c(F)cc1C1=CCOc2ccc(C(=O)N=C(N)N)cc21. The number of methoxy groups -OCH3 is 1. The normalized spacial score (nSPS) is 12.5. The number of carbonyl (C=O) groups is 1. The number of ether oxygens (including phenoxy) is 2. The summed E-state index contributed by atoms with van der Waals surface area (Å²) in [7, 11) is 1.36. The lowest BCUT2D eigenvalue weighted by atomic mass is 9.93. The molecule has 0 radical (unpaired) electrons. The van der Waals surface area contributed by atoms with Crippen LogP contribution in [0.15, 0.2) is 41.4 Å². The molecule has 0 atom stereocenters. The van der Waals surface area contributed by atoms with E-state index in [2.05, 4.69) is 4.99 Å². The number of hydrogen-bond acceptors (Lipinski definition) is 3. The average Bonchev–Trinajstić information content (AvgIpc) is 2.62. The molecule has 0 aromatic heterocycles. The largest absolute Gasteiger partial charge is 0.496 e. The molecule has 0 unspecified atom stereocenters. The lowest BCUT2D eigenvalue weighted by molar-refractivity contribution is 0.100. The van der Waals surface area contributed by atoms with Crippen LogP contribution in [0, 0.1) is 11.6 Å². The Bertz CT molecular complexity index is 951. The summed E-state index contributed by atoms with van der Waals surface area (Å²) in [4.78, 5) is 15.6. The Labute approximate surface area is 147 Å². The summed E-state index contributed by atoms with van der Waals surface area (Å²) in [5, 5.41) is 0. The highest BCUT2D eigenvalue weighted by Gasteiger charge is 2.22. The highest BCUT2D eigenvalue weighted by Crippen LogP contribution is 2.39. The van der Waals surface area contributed by atoms with Crippen LogP contribution in [0.25, 0.3) is 5.57 Å². The van der Waals surface area contributed by atoms with Crippen molar-refractivity contribution in [2.24, 2.45) is 16.5 Å². The number of amides is 1. The highest BCUT2D eigenvalue weighted by molar-refractivity contribution is 6.03. The molecular weight excluding hydrogens is 344 g/mol. The summed E-state index contributed by atoms with van der Waals surface area (Å²) in [6.07, 6.45) is 1.69. The third-order valence-corrected chi connectivity index (χ3v) is 3.81. The van der Waals surface area contributed by atoms with E-state index < -0.39 is 17.5 Å². The van der Waals surface area contributed by atoms with Gasteiger partial charge in [-0.15, -0.1) is 0 Å². The van der Waals surface area contributed by atoms with Gasteiger partial charge in [-0.05, 0) is 35.9 Å². The Kier molecular flexibility index (Phi) is 4.57. The molecule has 0 saturated heterocycles. The monoisotopic (exact) mass is 359 g/mol. The number of guanidine groups is 1. The molecule has 3 rings (SSSR count). The van der Waals surface area contributed by atoms with Gasteiger partial charge < -0.3 is 20.9 Å². The zero-order valence-corrected chi connectivity index (χ0v) is 13.8. The molecular formula is C18H15F2N3O3. The molecule has 2 aromatic rings. The van der Waals surface area contributed by atoms with Gasteiger partial charge in [0.15, 0.2) is 17.6 Å². The summed E-state index contributed by atoms with van der Waals surface area (Å²) in [5.74, 6) is -2.38. The number of aliphatic imine (C=N–C) groups is 1. The van der Waals surface area contributed by atoms with Crippen LogP contribution in [0.2, 0.25) is 0 Å². The molecule has 0 bridgehead atoms. The molecule has 4 N–H and O–H groups in total. The number of rotatable bonds is 3. The fourth-order valence-electron chi connectivity index (χ4n) is 2.67. The summed E-state index contributed by atoms with van der Waals surface area (Å²) in [5.41, 5.74) is 12.1. The molecule has 0 fully saturated rings. The lowest BCUT2D eigenvalue weighted by Crippen LogP contribution is -2.24. The first-order chi connectivity index (χ1) is 12.4. The predicted octanol–water partition coefficient (Wildman–Crippen LogP) is 2.21. The van der Waals surface area contributed by atoms with Crippen molar-refractivity contribution in [1.82, 2.24) is 0 Å². The molecule has 1 aliphatic heterocycles. The smallest absolute Gasteiger partial charge is 0.280 e. The van der Waals surface area contributed by atoms with E-state index in [1.54, 1.807) is 12.1 Å². The topological polar surface area (TPSA) is 99.9 Å². The Morgan fingerprint density at radius 1 is 1.15 bits per heavy atom. The number of fused-ring (bicyclic) bond motifs is 1. The van der Waals surface area contributed by atoms with Crippen molar-refractivity contribution in [3.05, 3.63) is 64.7 Å². The van der Waals surface area contributed by atoms with Crippen molar-refractivity contribution in [3.63, 3.8) is 0 Å². The van der Waals surface area contributed by atoms with Gasteiger partial charge in [0.2, 0.25) is 0 Å². The summed E-state index contributed by atoms with van der Waals surface area (Å²) in [6.45, 7) is 0.228. The fourth-order valence-corrected chi connectivity index (χ4v) is 2.67. The predicted molar refractivity (Wildman–Crippen MR) is 92.1 cm³/mol. The maximum absolute atomic E-state index is 13.8. The fraction of sp³-hybridized carbons (Fsp3) is 0.111. The summed E-state index contributed by atoms with van der Waals surface area (Å²) in [6, 6.07) is 6.63. The van der Waals surface area contributed by atoms with Crippen LogP contribution in [0.1, 0.15) is 21.5 Å². The van der Waals surface area contributed by atoms with Gasteiger partial charge in [0.1, 0.15) is 18.1 Å². The van der Waals surface area contributed by atoms with Crippen LogP contribution < -0.4 is 20.9 Å². The van der Waals surface area contributed by atoms with Crippen molar-refractivity contribution < 1.29 is 23.0 Å². The van der Waals surface area contributed by atoms with E-state index in [0.29, 0.717) is 22.4 Å². The summed E-state index contributed by atoms with van der Waals surface area (Å²) < 4.78 is 38.0. The maximum atomic E-state index is 13.8. The molecule has 0 saturated carbocycles. The second kappa shape index (κ2) is 6.83. The Hall–Kier alpha value is -3.42. The molecule has 8 heteroatoms.